The third-order valence-electron chi connectivity index (χ3n) is 4.73. The van der Waals surface area contributed by atoms with E-state index in [9.17, 15) is 14.4 Å². The Bertz CT molecular complexity index is 1110. The van der Waals surface area contributed by atoms with E-state index >= 15 is 0 Å². The number of hydrogen-bond donors (Lipinski definition) is 3. The van der Waals surface area contributed by atoms with Crippen LogP contribution < -0.4 is 15.4 Å². The predicted molar refractivity (Wildman–Crippen MR) is 106 cm³/mol. The summed E-state index contributed by atoms with van der Waals surface area (Å²) in [5.74, 6) is 5.46. The van der Waals surface area contributed by atoms with Crippen molar-refractivity contribution in [3.8, 4) is 17.6 Å². The minimum atomic E-state index is -1.55. The van der Waals surface area contributed by atoms with Gasteiger partial charge in [0.25, 0.3) is 11.8 Å². The van der Waals surface area contributed by atoms with Crippen LogP contribution in [-0.2, 0) is 11.3 Å². The van der Waals surface area contributed by atoms with Crippen LogP contribution >= 0.6 is 11.3 Å². The first kappa shape index (κ1) is 18.7. The van der Waals surface area contributed by atoms with Crippen molar-refractivity contribution in [2.75, 3.05) is 13.7 Å². The highest BCUT2D eigenvalue weighted by molar-refractivity contribution is 7.14. The smallest absolute Gasteiger partial charge is 0.323 e. The van der Waals surface area contributed by atoms with Crippen molar-refractivity contribution in [2.45, 2.75) is 12.1 Å². The number of urea groups is 1. The van der Waals surface area contributed by atoms with Crippen LogP contribution in [-0.4, -0.2) is 48.2 Å². The van der Waals surface area contributed by atoms with E-state index in [4.69, 9.17) is 10.1 Å². The topological polar surface area (TPSA) is 112 Å². The first-order valence-corrected chi connectivity index (χ1v) is 9.49. The molecular formula is C20H16N4O4S. The van der Waals surface area contributed by atoms with Crippen molar-refractivity contribution in [1.29, 1.82) is 5.41 Å². The molecule has 146 valence electrons. The normalized spacial score (nSPS) is 19.9. The monoisotopic (exact) mass is 408 g/mol. The molecule has 0 spiro atoms. The summed E-state index contributed by atoms with van der Waals surface area (Å²) in [4.78, 5) is 40.1. The van der Waals surface area contributed by atoms with Gasteiger partial charge in [-0.15, -0.1) is 11.3 Å². The van der Waals surface area contributed by atoms with Crippen molar-refractivity contribution in [2.24, 2.45) is 0 Å². The Balaban J connectivity index is 1.64. The molecule has 1 aromatic carbocycles. The summed E-state index contributed by atoms with van der Waals surface area (Å²) in [6, 6.07) is 8.07. The van der Waals surface area contributed by atoms with Crippen LogP contribution in [0, 0.1) is 17.3 Å². The maximum Gasteiger partial charge on any atom is 0.323 e. The molecular weight excluding hydrogens is 392 g/mol. The molecule has 4 amide bonds. The summed E-state index contributed by atoms with van der Waals surface area (Å²) >= 11 is 1.30. The molecule has 2 aliphatic rings. The lowest BCUT2D eigenvalue weighted by atomic mass is 9.99. The molecule has 0 radical (unpaired) electrons. The van der Waals surface area contributed by atoms with Gasteiger partial charge in [-0.2, -0.15) is 0 Å². The Morgan fingerprint density at radius 2 is 2.14 bits per heavy atom. The number of thiophene rings is 1. The number of amides is 4. The zero-order chi connectivity index (χ0) is 20.6. The largest absolute Gasteiger partial charge is 0.497 e. The third kappa shape index (κ3) is 3.34. The molecule has 3 N–H and O–H groups in total. The zero-order valence-electron chi connectivity index (χ0n) is 15.4. The van der Waals surface area contributed by atoms with Gasteiger partial charge >= 0.3 is 6.03 Å². The number of imide groups is 1. The second kappa shape index (κ2) is 7.07. The fourth-order valence-corrected chi connectivity index (χ4v) is 3.96. The summed E-state index contributed by atoms with van der Waals surface area (Å²) in [5, 5.41) is 12.1. The standard InChI is InChI=1S/C20H16N4O4S/c1-28-13-3-2-12-10-24(17(25)16(12)8-13)11-20(18(26)22-19(27)23-20)7-6-14-4-5-15(9-21)29-14/h2-5,8-9,21H,10-11H2,1H3,(H2,22,23,26,27)/t20-/m1/s1. The Hall–Kier alpha value is -3.64. The second-order valence-electron chi connectivity index (χ2n) is 6.59. The minimum Gasteiger partial charge on any atom is -0.497 e. The van der Waals surface area contributed by atoms with Crippen LogP contribution in [0.3, 0.4) is 0 Å². The molecule has 2 aromatic rings. The highest BCUT2D eigenvalue weighted by Crippen LogP contribution is 2.28. The molecule has 0 unspecified atom stereocenters. The Labute approximate surface area is 170 Å². The van der Waals surface area contributed by atoms with Gasteiger partial charge in [0.1, 0.15) is 5.75 Å². The highest BCUT2D eigenvalue weighted by atomic mass is 32.1. The average molecular weight is 408 g/mol. The van der Waals surface area contributed by atoms with E-state index in [0.717, 1.165) is 10.4 Å². The number of benzene rings is 1. The van der Waals surface area contributed by atoms with E-state index in [1.807, 2.05) is 6.07 Å². The van der Waals surface area contributed by atoms with E-state index < -0.39 is 17.5 Å². The van der Waals surface area contributed by atoms with Crippen molar-refractivity contribution < 1.29 is 19.1 Å². The first-order valence-electron chi connectivity index (χ1n) is 8.67. The van der Waals surface area contributed by atoms with Crippen molar-refractivity contribution in [1.82, 2.24) is 15.5 Å². The number of nitrogens with one attached hydrogen (secondary N) is 3. The number of fused-ring (bicyclic) bond motifs is 1. The number of rotatable bonds is 4. The molecule has 8 nitrogen and oxygen atoms in total. The summed E-state index contributed by atoms with van der Waals surface area (Å²) in [5.41, 5.74) is -0.225. The maximum atomic E-state index is 12.9. The van der Waals surface area contributed by atoms with E-state index in [1.54, 1.807) is 24.3 Å². The number of carbonyl (C=O) groups is 3. The summed E-state index contributed by atoms with van der Waals surface area (Å²) < 4.78 is 5.18. The van der Waals surface area contributed by atoms with Crippen LogP contribution in [0.4, 0.5) is 4.79 Å². The van der Waals surface area contributed by atoms with Gasteiger partial charge in [0.15, 0.2) is 0 Å². The van der Waals surface area contributed by atoms with E-state index in [2.05, 4.69) is 22.5 Å². The third-order valence-corrected chi connectivity index (χ3v) is 5.68. The van der Waals surface area contributed by atoms with Crippen molar-refractivity contribution in [3.05, 3.63) is 51.2 Å². The van der Waals surface area contributed by atoms with Crippen molar-refractivity contribution in [3.63, 3.8) is 0 Å². The van der Waals surface area contributed by atoms with Crippen LogP contribution in [0.15, 0.2) is 30.3 Å². The summed E-state index contributed by atoms with van der Waals surface area (Å²) in [6.45, 7) is 0.220. The lowest BCUT2D eigenvalue weighted by Gasteiger charge is -2.26. The Morgan fingerprint density at radius 1 is 1.31 bits per heavy atom. The first-order chi connectivity index (χ1) is 13.9. The Morgan fingerprint density at radius 3 is 2.79 bits per heavy atom. The molecule has 2 aliphatic heterocycles. The van der Waals surface area contributed by atoms with Crippen LogP contribution in [0.25, 0.3) is 0 Å². The number of ether oxygens (including phenoxy) is 1. The van der Waals surface area contributed by atoms with E-state index in [1.165, 1.54) is 29.6 Å². The van der Waals surface area contributed by atoms with Gasteiger partial charge in [-0.3, -0.25) is 14.9 Å². The Kier molecular flexibility index (Phi) is 4.56. The van der Waals surface area contributed by atoms with Gasteiger partial charge in [0.05, 0.1) is 18.5 Å². The molecule has 0 aliphatic carbocycles. The van der Waals surface area contributed by atoms with Crippen molar-refractivity contribution >= 4 is 35.4 Å². The molecule has 0 saturated carbocycles. The quantitative estimate of drug-likeness (QED) is 0.403. The lowest BCUT2D eigenvalue weighted by Crippen LogP contribution is -2.54. The fraction of sp³-hybridized carbons (Fsp3) is 0.200. The lowest BCUT2D eigenvalue weighted by molar-refractivity contribution is -0.122. The van der Waals surface area contributed by atoms with Crippen LogP contribution in [0.1, 0.15) is 25.7 Å². The average Bonchev–Trinajstić information content (AvgIpc) is 3.37. The second-order valence-corrected chi connectivity index (χ2v) is 7.71. The maximum absolute atomic E-state index is 12.9. The SMILES string of the molecule is COc1ccc2c(c1)C(=O)N(C[C@@]1(C#Cc3ccc(C=N)s3)NC(=O)NC1=O)C2. The summed E-state index contributed by atoms with van der Waals surface area (Å²) in [6.07, 6.45) is 1.21. The fourth-order valence-electron chi connectivity index (χ4n) is 3.28. The molecule has 1 atom stereocenters. The molecule has 1 fully saturated rings. The number of methoxy groups -OCH3 is 1. The van der Waals surface area contributed by atoms with Gasteiger partial charge < -0.3 is 20.4 Å². The van der Waals surface area contributed by atoms with Crippen LogP contribution in [0.5, 0.6) is 5.75 Å². The summed E-state index contributed by atoms with van der Waals surface area (Å²) in [7, 11) is 1.52. The molecule has 1 saturated heterocycles. The zero-order valence-corrected chi connectivity index (χ0v) is 16.2. The van der Waals surface area contributed by atoms with Gasteiger partial charge in [-0.25, -0.2) is 4.79 Å². The highest BCUT2D eigenvalue weighted by Gasteiger charge is 2.48. The predicted octanol–water partition coefficient (Wildman–Crippen LogP) is 1.34. The van der Waals surface area contributed by atoms with Gasteiger partial charge in [-0.1, -0.05) is 17.9 Å². The molecule has 29 heavy (non-hydrogen) atoms. The minimum absolute atomic E-state index is 0.0871. The van der Waals surface area contributed by atoms with Gasteiger partial charge in [-0.05, 0) is 29.8 Å². The molecule has 4 rings (SSSR count). The van der Waals surface area contributed by atoms with Crippen LogP contribution in [0.2, 0.25) is 0 Å². The number of nitrogens with zero attached hydrogens (tertiary/aromatic N) is 1. The molecule has 9 heteroatoms. The molecule has 3 heterocycles. The molecule has 0 bridgehead atoms. The van der Waals surface area contributed by atoms with E-state index in [-0.39, 0.29) is 12.5 Å². The van der Waals surface area contributed by atoms with Gasteiger partial charge in [0.2, 0.25) is 5.54 Å². The van der Waals surface area contributed by atoms with Gasteiger partial charge in [0, 0.05) is 23.2 Å². The van der Waals surface area contributed by atoms with E-state index in [0.29, 0.717) is 22.7 Å². The number of hydrogen-bond acceptors (Lipinski definition) is 6. The molecule has 1 aromatic heterocycles. The number of carbonyl (C=O) groups excluding carboxylic acids is 3.